The van der Waals surface area contributed by atoms with Crippen LogP contribution >= 0.6 is 0 Å². The number of amides is 1. The number of rotatable bonds is 7. The second-order valence-electron chi connectivity index (χ2n) is 6.21. The first-order valence-corrected chi connectivity index (χ1v) is 8.34. The van der Waals surface area contributed by atoms with E-state index in [1.54, 1.807) is 6.20 Å². The van der Waals surface area contributed by atoms with E-state index in [2.05, 4.69) is 41.1 Å². The summed E-state index contributed by atoms with van der Waals surface area (Å²) in [5.74, 6) is 0.887. The highest BCUT2D eigenvalue weighted by molar-refractivity contribution is 5.89. The van der Waals surface area contributed by atoms with Crippen molar-refractivity contribution in [3.8, 4) is 0 Å². The molecule has 22 heavy (non-hydrogen) atoms. The molecule has 1 aliphatic heterocycles. The van der Waals surface area contributed by atoms with Gasteiger partial charge in [-0.2, -0.15) is 5.10 Å². The van der Waals surface area contributed by atoms with Gasteiger partial charge in [0.15, 0.2) is 0 Å². The molecule has 1 unspecified atom stereocenters. The summed E-state index contributed by atoms with van der Waals surface area (Å²) in [6.07, 6.45) is 4.20. The van der Waals surface area contributed by atoms with E-state index in [0.29, 0.717) is 12.5 Å². The summed E-state index contributed by atoms with van der Waals surface area (Å²) in [5, 5.41) is 7.20. The lowest BCUT2D eigenvalue weighted by Gasteiger charge is -2.36. The first-order chi connectivity index (χ1) is 10.6. The van der Waals surface area contributed by atoms with Crippen molar-refractivity contribution in [1.82, 2.24) is 19.6 Å². The van der Waals surface area contributed by atoms with Gasteiger partial charge < -0.3 is 10.2 Å². The van der Waals surface area contributed by atoms with Crippen LogP contribution in [-0.4, -0.2) is 64.8 Å². The van der Waals surface area contributed by atoms with Crippen molar-refractivity contribution in [2.75, 3.05) is 38.5 Å². The lowest BCUT2D eigenvalue weighted by atomic mass is 10.1. The van der Waals surface area contributed by atoms with Gasteiger partial charge >= 0.3 is 0 Å². The molecular weight excluding hydrogens is 278 g/mol. The molecule has 0 radical (unpaired) electrons. The fourth-order valence-electron chi connectivity index (χ4n) is 2.82. The molecule has 1 aromatic heterocycles. The number of hydrogen-bond acceptors (Lipinski definition) is 4. The maximum Gasteiger partial charge on any atom is 0.225 e. The van der Waals surface area contributed by atoms with Crippen LogP contribution in [0.15, 0.2) is 12.3 Å². The smallest absolute Gasteiger partial charge is 0.225 e. The van der Waals surface area contributed by atoms with Crippen LogP contribution in [0.5, 0.6) is 0 Å². The minimum Gasteiger partial charge on any atom is -0.311 e. The van der Waals surface area contributed by atoms with Crippen molar-refractivity contribution in [1.29, 1.82) is 0 Å². The van der Waals surface area contributed by atoms with Gasteiger partial charge in [0.2, 0.25) is 5.91 Å². The molecule has 6 heteroatoms. The standard InChI is InChI=1S/C16H29N5O/c1-4-9-21-15(7-8-17-21)18-16(22)6-5-14(2)20-12-10-19(3)11-13-20/h7-8,14H,4-6,9-13H2,1-3H3,(H,18,22). The molecule has 0 aliphatic carbocycles. The second kappa shape index (κ2) is 8.29. The van der Waals surface area contributed by atoms with Crippen molar-refractivity contribution in [3.05, 3.63) is 12.3 Å². The largest absolute Gasteiger partial charge is 0.311 e. The van der Waals surface area contributed by atoms with E-state index in [9.17, 15) is 4.79 Å². The number of aromatic nitrogens is 2. The molecule has 6 nitrogen and oxygen atoms in total. The summed E-state index contributed by atoms with van der Waals surface area (Å²) in [6.45, 7) is 9.59. The van der Waals surface area contributed by atoms with E-state index in [-0.39, 0.29) is 5.91 Å². The zero-order chi connectivity index (χ0) is 15.9. The molecule has 0 aromatic carbocycles. The first-order valence-electron chi connectivity index (χ1n) is 8.34. The molecule has 1 N–H and O–H groups in total. The van der Waals surface area contributed by atoms with Crippen LogP contribution in [0.4, 0.5) is 5.82 Å². The predicted octanol–water partition coefficient (Wildman–Crippen LogP) is 1.65. The summed E-state index contributed by atoms with van der Waals surface area (Å²) >= 11 is 0. The summed E-state index contributed by atoms with van der Waals surface area (Å²) in [5.41, 5.74) is 0. The Morgan fingerprint density at radius 1 is 1.36 bits per heavy atom. The first kappa shape index (κ1) is 17.0. The molecule has 1 fully saturated rings. The van der Waals surface area contributed by atoms with Gasteiger partial charge in [-0.1, -0.05) is 6.92 Å². The molecule has 2 rings (SSSR count). The van der Waals surface area contributed by atoms with E-state index < -0.39 is 0 Å². The molecule has 1 aromatic rings. The van der Waals surface area contributed by atoms with Crippen molar-refractivity contribution >= 4 is 11.7 Å². The normalized spacial score (nSPS) is 18.3. The van der Waals surface area contributed by atoms with Crippen LogP contribution in [-0.2, 0) is 11.3 Å². The molecule has 1 atom stereocenters. The summed E-state index contributed by atoms with van der Waals surface area (Å²) in [7, 11) is 2.16. The molecule has 1 amide bonds. The Bertz CT molecular complexity index is 465. The molecule has 0 spiro atoms. The third-order valence-electron chi connectivity index (χ3n) is 4.37. The topological polar surface area (TPSA) is 53.4 Å². The Hall–Kier alpha value is -1.40. The van der Waals surface area contributed by atoms with Crippen LogP contribution in [0, 0.1) is 0 Å². The van der Waals surface area contributed by atoms with E-state index in [0.717, 1.165) is 51.4 Å². The predicted molar refractivity (Wildman–Crippen MR) is 88.9 cm³/mol. The van der Waals surface area contributed by atoms with Crippen LogP contribution in [0.2, 0.25) is 0 Å². The second-order valence-corrected chi connectivity index (χ2v) is 6.21. The number of aryl methyl sites for hydroxylation is 1. The van der Waals surface area contributed by atoms with Crippen LogP contribution in [0.25, 0.3) is 0 Å². The molecule has 1 aliphatic rings. The van der Waals surface area contributed by atoms with Crippen LogP contribution in [0.3, 0.4) is 0 Å². The molecule has 0 bridgehead atoms. The molecule has 2 heterocycles. The van der Waals surface area contributed by atoms with Gasteiger partial charge in [-0.3, -0.25) is 9.69 Å². The third kappa shape index (κ3) is 4.81. The number of hydrogen-bond donors (Lipinski definition) is 1. The number of piperazine rings is 1. The van der Waals surface area contributed by atoms with Gasteiger partial charge in [0.1, 0.15) is 5.82 Å². The van der Waals surface area contributed by atoms with Crippen LogP contribution < -0.4 is 5.32 Å². The number of nitrogens with zero attached hydrogens (tertiary/aromatic N) is 4. The van der Waals surface area contributed by atoms with Gasteiger partial charge in [-0.05, 0) is 26.8 Å². The van der Waals surface area contributed by atoms with E-state index in [1.165, 1.54) is 0 Å². The van der Waals surface area contributed by atoms with Gasteiger partial charge in [0.25, 0.3) is 0 Å². The highest BCUT2D eigenvalue weighted by Crippen LogP contribution is 2.12. The number of carbonyl (C=O) groups excluding carboxylic acids is 1. The summed E-state index contributed by atoms with van der Waals surface area (Å²) < 4.78 is 1.85. The van der Waals surface area contributed by atoms with Gasteiger partial charge in [0, 0.05) is 51.3 Å². The minimum atomic E-state index is 0.0823. The fraction of sp³-hybridized carbons (Fsp3) is 0.750. The highest BCUT2D eigenvalue weighted by Gasteiger charge is 2.19. The molecule has 1 saturated heterocycles. The van der Waals surface area contributed by atoms with Gasteiger partial charge in [-0.25, -0.2) is 4.68 Å². The van der Waals surface area contributed by atoms with Crippen molar-refractivity contribution in [3.63, 3.8) is 0 Å². The van der Waals surface area contributed by atoms with Gasteiger partial charge in [-0.15, -0.1) is 0 Å². The maximum absolute atomic E-state index is 12.1. The average molecular weight is 307 g/mol. The van der Waals surface area contributed by atoms with Crippen molar-refractivity contribution < 1.29 is 4.79 Å². The number of nitrogens with one attached hydrogen (secondary N) is 1. The Morgan fingerprint density at radius 2 is 2.09 bits per heavy atom. The average Bonchev–Trinajstić information content (AvgIpc) is 2.93. The van der Waals surface area contributed by atoms with E-state index >= 15 is 0 Å². The highest BCUT2D eigenvalue weighted by atomic mass is 16.1. The Morgan fingerprint density at radius 3 is 2.77 bits per heavy atom. The van der Waals surface area contributed by atoms with Crippen LogP contribution in [0.1, 0.15) is 33.1 Å². The molecule has 0 saturated carbocycles. The molecule has 124 valence electrons. The quantitative estimate of drug-likeness (QED) is 0.832. The summed E-state index contributed by atoms with van der Waals surface area (Å²) in [4.78, 5) is 17.0. The van der Waals surface area contributed by atoms with Crippen molar-refractivity contribution in [2.45, 2.75) is 45.7 Å². The van der Waals surface area contributed by atoms with E-state index in [1.807, 2.05) is 10.7 Å². The number of carbonyl (C=O) groups is 1. The lowest BCUT2D eigenvalue weighted by Crippen LogP contribution is -2.48. The van der Waals surface area contributed by atoms with E-state index in [4.69, 9.17) is 0 Å². The monoisotopic (exact) mass is 307 g/mol. The zero-order valence-electron chi connectivity index (χ0n) is 14.1. The summed E-state index contributed by atoms with van der Waals surface area (Å²) in [6, 6.07) is 2.32. The third-order valence-corrected chi connectivity index (χ3v) is 4.37. The Kier molecular flexibility index (Phi) is 6.39. The Balaban J connectivity index is 1.74. The lowest BCUT2D eigenvalue weighted by molar-refractivity contribution is -0.116. The molecular formula is C16H29N5O. The van der Waals surface area contributed by atoms with Gasteiger partial charge in [0.05, 0.1) is 6.20 Å². The minimum absolute atomic E-state index is 0.0823. The van der Waals surface area contributed by atoms with Crippen molar-refractivity contribution in [2.24, 2.45) is 0 Å². The number of anilines is 1. The maximum atomic E-state index is 12.1. The Labute approximate surface area is 133 Å². The zero-order valence-corrected chi connectivity index (χ0v) is 14.1. The SMILES string of the molecule is CCCn1nccc1NC(=O)CCC(C)N1CCN(C)CC1. The number of likely N-dealkylation sites (N-methyl/N-ethyl adjacent to an activating group) is 1. The fourth-order valence-corrected chi connectivity index (χ4v) is 2.82.